The van der Waals surface area contributed by atoms with Crippen LogP contribution in [0.2, 0.25) is 0 Å². The molecular formula is C14H16N2O4S. The van der Waals surface area contributed by atoms with E-state index in [2.05, 4.69) is 4.98 Å². The molecule has 0 radical (unpaired) electrons. The molecule has 0 saturated heterocycles. The van der Waals surface area contributed by atoms with Crippen molar-refractivity contribution < 1.29 is 18.3 Å². The number of imidazole rings is 1. The molecule has 0 aliphatic carbocycles. The zero-order chi connectivity index (χ0) is 15.6. The lowest BCUT2D eigenvalue weighted by Crippen LogP contribution is -2.15. The van der Waals surface area contributed by atoms with E-state index in [4.69, 9.17) is 5.11 Å². The highest BCUT2D eigenvalue weighted by Crippen LogP contribution is 2.22. The topological polar surface area (TPSA) is 89.3 Å². The Balaban J connectivity index is 2.37. The summed E-state index contributed by atoms with van der Waals surface area (Å²) in [5, 5.41) is 9.06. The van der Waals surface area contributed by atoms with Gasteiger partial charge in [-0.15, -0.1) is 0 Å². The van der Waals surface area contributed by atoms with Crippen LogP contribution < -0.4 is 0 Å². The monoisotopic (exact) mass is 308 g/mol. The van der Waals surface area contributed by atoms with Crippen LogP contribution in [-0.2, 0) is 16.4 Å². The zero-order valence-corrected chi connectivity index (χ0v) is 12.6. The number of carboxylic acid groups (broad SMARTS) is 1. The van der Waals surface area contributed by atoms with Crippen molar-refractivity contribution in [2.45, 2.75) is 25.3 Å². The SMILES string of the molecule is Cc1cc(C(=O)O)cc(S(=O)(=O)CCn2ccnc2)c1C. The molecule has 1 aromatic heterocycles. The van der Waals surface area contributed by atoms with E-state index in [0.717, 1.165) is 0 Å². The average Bonchev–Trinajstić information content (AvgIpc) is 2.92. The van der Waals surface area contributed by atoms with Gasteiger partial charge in [0.15, 0.2) is 9.84 Å². The summed E-state index contributed by atoms with van der Waals surface area (Å²) in [5.74, 6) is -1.24. The van der Waals surface area contributed by atoms with Crippen LogP contribution in [0.3, 0.4) is 0 Å². The van der Waals surface area contributed by atoms with Crippen molar-refractivity contribution in [1.29, 1.82) is 0 Å². The number of hydrogen-bond donors (Lipinski definition) is 1. The lowest BCUT2D eigenvalue weighted by Gasteiger charge is -2.11. The minimum absolute atomic E-state index is 0.0145. The molecule has 2 rings (SSSR count). The third-order valence-electron chi connectivity index (χ3n) is 3.38. The molecule has 0 aliphatic rings. The smallest absolute Gasteiger partial charge is 0.335 e. The minimum atomic E-state index is -3.56. The van der Waals surface area contributed by atoms with E-state index in [1.807, 2.05) is 0 Å². The highest BCUT2D eigenvalue weighted by Gasteiger charge is 2.20. The van der Waals surface area contributed by atoms with Gasteiger partial charge >= 0.3 is 5.97 Å². The molecule has 0 saturated carbocycles. The van der Waals surface area contributed by atoms with Gasteiger partial charge in [-0.3, -0.25) is 0 Å². The molecule has 0 fully saturated rings. The molecule has 112 valence electrons. The molecule has 6 nitrogen and oxygen atoms in total. The van der Waals surface area contributed by atoms with E-state index in [9.17, 15) is 13.2 Å². The standard InChI is InChI=1S/C14H16N2O4S/c1-10-7-12(14(17)18)8-13(11(10)2)21(19,20)6-5-16-4-3-15-9-16/h3-4,7-9H,5-6H2,1-2H3,(H,17,18). The summed E-state index contributed by atoms with van der Waals surface area (Å²) in [7, 11) is -3.56. The van der Waals surface area contributed by atoms with Gasteiger partial charge in [0.2, 0.25) is 0 Å². The summed E-state index contributed by atoms with van der Waals surface area (Å²) in [4.78, 5) is 15.0. The Morgan fingerprint density at radius 3 is 2.62 bits per heavy atom. The molecule has 1 heterocycles. The third-order valence-corrected chi connectivity index (χ3v) is 5.19. The first-order chi connectivity index (χ1) is 9.81. The van der Waals surface area contributed by atoms with Gasteiger partial charge in [0.25, 0.3) is 0 Å². The van der Waals surface area contributed by atoms with Crippen molar-refractivity contribution in [3.8, 4) is 0 Å². The van der Waals surface area contributed by atoms with Crippen molar-refractivity contribution in [3.05, 3.63) is 47.5 Å². The van der Waals surface area contributed by atoms with Crippen LogP contribution in [0.5, 0.6) is 0 Å². The molecule has 0 atom stereocenters. The molecule has 1 N–H and O–H groups in total. The van der Waals surface area contributed by atoms with Gasteiger partial charge in [0.1, 0.15) is 0 Å². The number of benzene rings is 1. The zero-order valence-electron chi connectivity index (χ0n) is 11.8. The molecule has 0 unspecified atom stereocenters. The molecule has 0 spiro atoms. The Morgan fingerprint density at radius 1 is 1.33 bits per heavy atom. The minimum Gasteiger partial charge on any atom is -0.478 e. The van der Waals surface area contributed by atoms with Crippen molar-refractivity contribution >= 4 is 15.8 Å². The number of hydrogen-bond acceptors (Lipinski definition) is 4. The predicted octanol–water partition coefficient (Wildman–Crippen LogP) is 1.67. The van der Waals surface area contributed by atoms with Gasteiger partial charge in [-0.25, -0.2) is 18.2 Å². The van der Waals surface area contributed by atoms with E-state index < -0.39 is 15.8 Å². The van der Waals surface area contributed by atoms with E-state index in [0.29, 0.717) is 11.1 Å². The molecule has 0 bridgehead atoms. The van der Waals surface area contributed by atoms with E-state index in [-0.39, 0.29) is 22.8 Å². The number of aryl methyl sites for hydroxylation is 2. The average molecular weight is 308 g/mol. The summed E-state index contributed by atoms with van der Waals surface area (Å²) in [6.45, 7) is 3.67. The molecule has 7 heteroatoms. The van der Waals surface area contributed by atoms with E-state index in [1.165, 1.54) is 12.1 Å². The summed E-state index contributed by atoms with van der Waals surface area (Å²) < 4.78 is 26.6. The maximum Gasteiger partial charge on any atom is 0.335 e. The Kier molecular flexibility index (Phi) is 4.13. The van der Waals surface area contributed by atoms with Crippen LogP contribution in [0.25, 0.3) is 0 Å². The van der Waals surface area contributed by atoms with E-state index in [1.54, 1.807) is 37.1 Å². The quantitative estimate of drug-likeness (QED) is 0.907. The second kappa shape index (κ2) is 5.69. The van der Waals surface area contributed by atoms with E-state index >= 15 is 0 Å². The van der Waals surface area contributed by atoms with Gasteiger partial charge in [0.05, 0.1) is 22.5 Å². The Bertz CT molecular complexity index is 765. The van der Waals surface area contributed by atoms with Gasteiger partial charge in [0, 0.05) is 18.9 Å². The van der Waals surface area contributed by atoms with Crippen molar-refractivity contribution in [2.24, 2.45) is 0 Å². The van der Waals surface area contributed by atoms with Crippen molar-refractivity contribution in [1.82, 2.24) is 9.55 Å². The van der Waals surface area contributed by atoms with Crippen molar-refractivity contribution in [3.63, 3.8) is 0 Å². The van der Waals surface area contributed by atoms with Crippen LogP contribution in [0, 0.1) is 13.8 Å². The molecule has 1 aromatic carbocycles. The predicted molar refractivity (Wildman–Crippen MR) is 77.2 cm³/mol. The number of rotatable bonds is 5. The number of aromatic nitrogens is 2. The Hall–Kier alpha value is -2.15. The second-order valence-corrected chi connectivity index (χ2v) is 6.92. The lowest BCUT2D eigenvalue weighted by atomic mass is 10.1. The van der Waals surface area contributed by atoms with Gasteiger partial charge in [-0.05, 0) is 37.1 Å². The third kappa shape index (κ3) is 3.30. The Morgan fingerprint density at radius 2 is 2.05 bits per heavy atom. The van der Waals surface area contributed by atoms with Crippen LogP contribution in [0.1, 0.15) is 21.5 Å². The lowest BCUT2D eigenvalue weighted by molar-refractivity contribution is 0.0696. The van der Waals surface area contributed by atoms with Gasteiger partial charge in [-0.1, -0.05) is 0 Å². The highest BCUT2D eigenvalue weighted by atomic mass is 32.2. The number of carboxylic acids is 1. The first-order valence-corrected chi connectivity index (χ1v) is 7.99. The summed E-state index contributed by atoms with van der Waals surface area (Å²) in [5.41, 5.74) is 1.22. The summed E-state index contributed by atoms with van der Waals surface area (Å²) >= 11 is 0. The molecule has 0 amide bonds. The first-order valence-electron chi connectivity index (χ1n) is 6.34. The number of nitrogens with zero attached hydrogens (tertiary/aromatic N) is 2. The fourth-order valence-electron chi connectivity index (χ4n) is 2.03. The highest BCUT2D eigenvalue weighted by molar-refractivity contribution is 7.91. The summed E-state index contributed by atoms with van der Waals surface area (Å²) in [6, 6.07) is 2.71. The molecule has 2 aromatic rings. The van der Waals surface area contributed by atoms with Crippen molar-refractivity contribution in [2.75, 3.05) is 5.75 Å². The molecule has 21 heavy (non-hydrogen) atoms. The first kappa shape index (κ1) is 15.2. The maximum atomic E-state index is 12.4. The number of sulfone groups is 1. The maximum absolute atomic E-state index is 12.4. The van der Waals surface area contributed by atoms with Crippen LogP contribution in [0.4, 0.5) is 0 Å². The van der Waals surface area contributed by atoms with Crippen LogP contribution in [-0.4, -0.2) is 34.8 Å². The number of aromatic carboxylic acids is 1. The van der Waals surface area contributed by atoms with Crippen LogP contribution in [0.15, 0.2) is 35.7 Å². The van der Waals surface area contributed by atoms with Gasteiger partial charge in [-0.2, -0.15) is 0 Å². The number of carbonyl (C=O) groups is 1. The molecular weight excluding hydrogens is 292 g/mol. The summed E-state index contributed by atoms with van der Waals surface area (Å²) in [6.07, 6.45) is 4.80. The largest absolute Gasteiger partial charge is 0.478 e. The fourth-order valence-corrected chi connectivity index (χ4v) is 3.63. The fraction of sp³-hybridized carbons (Fsp3) is 0.286. The molecule has 0 aliphatic heterocycles. The van der Waals surface area contributed by atoms with Crippen LogP contribution >= 0.6 is 0 Å². The normalized spacial score (nSPS) is 11.5. The Labute approximate surface area is 123 Å². The van der Waals surface area contributed by atoms with Gasteiger partial charge < -0.3 is 9.67 Å². The second-order valence-electron chi connectivity index (χ2n) is 4.84.